The van der Waals surface area contributed by atoms with Crippen LogP contribution in [0.25, 0.3) is 11.2 Å². The molecular formula is C18H22N5O8PS. The topological polar surface area (TPSA) is 195 Å². The van der Waals surface area contributed by atoms with Crippen LogP contribution in [-0.2, 0) is 19.6 Å². The first kappa shape index (κ1) is 23.9. The van der Waals surface area contributed by atoms with Gasteiger partial charge in [-0.15, -0.1) is 0 Å². The number of aliphatic hydroxyl groups excluding tert-OH is 2. The molecule has 3 aromatic rings. The van der Waals surface area contributed by atoms with Gasteiger partial charge in [0.05, 0.1) is 13.7 Å². The lowest BCUT2D eigenvalue weighted by molar-refractivity contribution is -0.0541. The predicted octanol–water partition coefficient (Wildman–Crippen LogP) is 0.438. The highest BCUT2D eigenvalue weighted by Gasteiger charge is 2.46. The maximum atomic E-state index is 11.0. The van der Waals surface area contributed by atoms with Gasteiger partial charge in [-0.25, -0.2) is 19.5 Å². The Morgan fingerprint density at radius 1 is 1.21 bits per heavy atom. The number of nitrogens with two attached hydrogens (primary N) is 1. The highest BCUT2D eigenvalue weighted by molar-refractivity contribution is 7.98. The van der Waals surface area contributed by atoms with Crippen molar-refractivity contribution < 1.29 is 38.6 Å². The third-order valence-electron chi connectivity index (χ3n) is 5.00. The standard InChI is InChI=1S/C18H22N5O8PS/c1-29-10-4-2-9(3-5-10)7-33-18-22-12-15(19)20-8-21-16(12)23(18)17-14(25)13(24)11(31-17)6-30-32(26,27)28/h2-5,8,11,13-14,17,24-25H,6-7H2,1H3,(H2,19,20,21)(H2,26,27,28). The Kier molecular flexibility index (Phi) is 6.88. The lowest BCUT2D eigenvalue weighted by Crippen LogP contribution is -2.33. The number of benzene rings is 1. The quantitative estimate of drug-likeness (QED) is 0.212. The monoisotopic (exact) mass is 499 g/mol. The van der Waals surface area contributed by atoms with Gasteiger partial charge < -0.3 is 35.2 Å². The van der Waals surface area contributed by atoms with Crippen molar-refractivity contribution in [1.82, 2.24) is 19.5 Å². The smallest absolute Gasteiger partial charge is 0.469 e. The molecule has 13 nitrogen and oxygen atoms in total. The first-order chi connectivity index (χ1) is 15.7. The van der Waals surface area contributed by atoms with E-state index in [2.05, 4.69) is 19.5 Å². The minimum absolute atomic E-state index is 0.125. The number of hydrogen-bond acceptors (Lipinski definition) is 11. The lowest BCUT2D eigenvalue weighted by Gasteiger charge is -2.19. The first-order valence-electron chi connectivity index (χ1n) is 9.63. The average Bonchev–Trinajstić information content (AvgIpc) is 3.29. The number of imidazole rings is 1. The van der Waals surface area contributed by atoms with Gasteiger partial charge in [-0.3, -0.25) is 9.09 Å². The van der Waals surface area contributed by atoms with Crippen LogP contribution in [0, 0.1) is 0 Å². The molecule has 0 radical (unpaired) electrons. The number of aromatic nitrogens is 4. The molecule has 0 aliphatic carbocycles. The molecule has 0 amide bonds. The van der Waals surface area contributed by atoms with Crippen LogP contribution in [-0.4, -0.2) is 71.5 Å². The van der Waals surface area contributed by atoms with Crippen LogP contribution in [0.4, 0.5) is 5.82 Å². The lowest BCUT2D eigenvalue weighted by atomic mass is 10.1. The van der Waals surface area contributed by atoms with E-state index in [4.69, 9.17) is 25.0 Å². The van der Waals surface area contributed by atoms with Crippen molar-refractivity contribution in [2.45, 2.75) is 35.4 Å². The van der Waals surface area contributed by atoms with Crippen LogP contribution >= 0.6 is 19.6 Å². The molecule has 4 atom stereocenters. The number of thioether (sulfide) groups is 1. The van der Waals surface area contributed by atoms with Crippen LogP contribution < -0.4 is 10.5 Å². The van der Waals surface area contributed by atoms with E-state index in [-0.39, 0.29) is 17.0 Å². The molecule has 0 bridgehead atoms. The largest absolute Gasteiger partial charge is 0.497 e. The average molecular weight is 499 g/mol. The van der Waals surface area contributed by atoms with Gasteiger partial charge in [-0.1, -0.05) is 23.9 Å². The fourth-order valence-electron chi connectivity index (χ4n) is 3.36. The zero-order valence-corrected chi connectivity index (χ0v) is 19.0. The van der Waals surface area contributed by atoms with E-state index in [0.717, 1.165) is 11.3 Å². The van der Waals surface area contributed by atoms with Gasteiger partial charge in [0.25, 0.3) is 0 Å². The molecule has 1 fully saturated rings. The van der Waals surface area contributed by atoms with Crippen molar-refractivity contribution in [1.29, 1.82) is 0 Å². The van der Waals surface area contributed by atoms with Crippen LogP contribution in [0.2, 0.25) is 0 Å². The van der Waals surface area contributed by atoms with Crippen LogP contribution in [0.15, 0.2) is 35.7 Å². The molecule has 2 aromatic heterocycles. The molecule has 178 valence electrons. The Hall–Kier alpha value is -2.29. The number of hydrogen-bond donors (Lipinski definition) is 5. The first-order valence-corrected chi connectivity index (χ1v) is 12.2. The van der Waals surface area contributed by atoms with E-state index < -0.39 is 39.0 Å². The van der Waals surface area contributed by atoms with Crippen LogP contribution in [0.3, 0.4) is 0 Å². The maximum absolute atomic E-state index is 11.0. The third kappa shape index (κ3) is 5.13. The molecule has 15 heteroatoms. The summed E-state index contributed by atoms with van der Waals surface area (Å²) < 4.78 is 27.8. The Morgan fingerprint density at radius 2 is 1.94 bits per heavy atom. The molecule has 0 saturated carbocycles. The van der Waals surface area contributed by atoms with E-state index in [1.54, 1.807) is 7.11 Å². The molecule has 1 aromatic carbocycles. The SMILES string of the molecule is COc1ccc(CSc2nc3c(N)ncnc3n2C2OC(COP(=O)(O)O)C(O)C2O)cc1. The van der Waals surface area contributed by atoms with E-state index in [1.807, 2.05) is 24.3 Å². The number of aliphatic hydroxyl groups is 2. The Balaban J connectivity index is 1.64. The van der Waals surface area contributed by atoms with Crippen molar-refractivity contribution in [3.8, 4) is 5.75 Å². The molecule has 4 unspecified atom stereocenters. The van der Waals surface area contributed by atoms with Gasteiger partial charge in [-0.05, 0) is 17.7 Å². The maximum Gasteiger partial charge on any atom is 0.469 e. The fraction of sp³-hybridized carbons (Fsp3) is 0.389. The second-order valence-corrected chi connectivity index (χ2v) is 9.35. The highest BCUT2D eigenvalue weighted by Crippen LogP contribution is 2.40. The predicted molar refractivity (Wildman–Crippen MR) is 116 cm³/mol. The normalized spacial score (nSPS) is 23.3. The van der Waals surface area contributed by atoms with Crippen molar-refractivity contribution in [3.63, 3.8) is 0 Å². The number of phosphoric acid groups is 1. The highest BCUT2D eigenvalue weighted by atomic mass is 32.2. The second kappa shape index (κ2) is 9.52. The zero-order valence-electron chi connectivity index (χ0n) is 17.3. The third-order valence-corrected chi connectivity index (χ3v) is 6.51. The minimum Gasteiger partial charge on any atom is -0.497 e. The number of rotatable bonds is 8. The van der Waals surface area contributed by atoms with Gasteiger partial charge in [0.1, 0.15) is 30.4 Å². The number of anilines is 1. The molecular weight excluding hydrogens is 477 g/mol. The summed E-state index contributed by atoms with van der Waals surface area (Å²) in [5.41, 5.74) is 7.48. The number of nitrogen functional groups attached to an aromatic ring is 1. The van der Waals surface area contributed by atoms with Crippen molar-refractivity contribution in [3.05, 3.63) is 36.2 Å². The Labute approximate surface area is 191 Å². The zero-order chi connectivity index (χ0) is 23.8. The molecule has 1 saturated heterocycles. The number of ether oxygens (including phenoxy) is 2. The summed E-state index contributed by atoms with van der Waals surface area (Å²) in [6.45, 7) is -0.628. The molecule has 1 aliphatic heterocycles. The van der Waals surface area contributed by atoms with Crippen LogP contribution in [0.1, 0.15) is 11.8 Å². The molecule has 4 rings (SSSR count). The van der Waals surface area contributed by atoms with E-state index in [9.17, 15) is 14.8 Å². The fourth-order valence-corrected chi connectivity index (χ4v) is 4.67. The molecule has 6 N–H and O–H groups in total. The van der Waals surface area contributed by atoms with Gasteiger partial charge in [-0.2, -0.15) is 0 Å². The van der Waals surface area contributed by atoms with Gasteiger partial charge >= 0.3 is 7.82 Å². The molecule has 1 aliphatic rings. The summed E-state index contributed by atoms with van der Waals surface area (Å²) >= 11 is 1.32. The van der Waals surface area contributed by atoms with E-state index in [0.29, 0.717) is 10.9 Å². The van der Waals surface area contributed by atoms with Crippen molar-refractivity contribution in [2.24, 2.45) is 0 Å². The molecule has 0 spiro atoms. The number of nitrogens with zero attached hydrogens (tertiary/aromatic N) is 4. The van der Waals surface area contributed by atoms with Crippen molar-refractivity contribution in [2.75, 3.05) is 19.5 Å². The van der Waals surface area contributed by atoms with Crippen LogP contribution in [0.5, 0.6) is 5.75 Å². The summed E-state index contributed by atoms with van der Waals surface area (Å²) in [4.78, 5) is 30.5. The Morgan fingerprint density at radius 3 is 2.61 bits per heavy atom. The number of fused-ring (bicyclic) bond motifs is 1. The number of methoxy groups -OCH3 is 1. The number of phosphoric ester groups is 1. The van der Waals surface area contributed by atoms with Crippen molar-refractivity contribution >= 4 is 36.6 Å². The second-order valence-electron chi connectivity index (χ2n) is 7.16. The molecule has 33 heavy (non-hydrogen) atoms. The summed E-state index contributed by atoms with van der Waals surface area (Å²) in [6.07, 6.45) is -4.06. The summed E-state index contributed by atoms with van der Waals surface area (Å²) in [5, 5.41) is 21.4. The van der Waals surface area contributed by atoms with E-state index >= 15 is 0 Å². The molecule has 3 heterocycles. The Bertz CT molecular complexity index is 1170. The van der Waals surface area contributed by atoms with Gasteiger partial charge in [0.15, 0.2) is 28.4 Å². The van der Waals surface area contributed by atoms with E-state index in [1.165, 1.54) is 22.7 Å². The summed E-state index contributed by atoms with van der Waals surface area (Å²) in [6, 6.07) is 7.45. The minimum atomic E-state index is -4.79. The summed E-state index contributed by atoms with van der Waals surface area (Å²) in [5.74, 6) is 1.34. The van der Waals surface area contributed by atoms with Gasteiger partial charge in [0.2, 0.25) is 0 Å². The summed E-state index contributed by atoms with van der Waals surface area (Å²) in [7, 11) is -3.21. The van der Waals surface area contributed by atoms with Gasteiger partial charge in [0, 0.05) is 5.75 Å².